The van der Waals surface area contributed by atoms with Crippen molar-refractivity contribution in [1.29, 1.82) is 0 Å². The Kier molecular flexibility index (Phi) is 5.98. The summed E-state index contributed by atoms with van der Waals surface area (Å²) in [6.07, 6.45) is 1.60. The van der Waals surface area contributed by atoms with Crippen molar-refractivity contribution in [3.63, 3.8) is 0 Å². The van der Waals surface area contributed by atoms with Crippen LogP contribution in [0.5, 0.6) is 0 Å². The Hall–Kier alpha value is -2.33. The Bertz CT molecular complexity index is 581. The third-order valence-electron chi connectivity index (χ3n) is 3.43. The van der Waals surface area contributed by atoms with Gasteiger partial charge in [-0.05, 0) is 36.2 Å². The molecule has 1 unspecified atom stereocenters. The molecular weight excluding hydrogens is 274 g/mol. The highest BCUT2D eigenvalue weighted by Crippen LogP contribution is 2.13. The van der Waals surface area contributed by atoms with E-state index in [-0.39, 0.29) is 5.91 Å². The molecule has 1 amide bonds. The van der Waals surface area contributed by atoms with Gasteiger partial charge >= 0.3 is 0 Å². The second kappa shape index (κ2) is 8.20. The molecule has 0 heterocycles. The zero-order valence-corrected chi connectivity index (χ0v) is 12.9. The number of hydrogen-bond acceptors (Lipinski definition) is 3. The normalized spacial score (nSPS) is 11.7. The SMILES string of the molecule is CCCC(N)C(=O)Nc1ccc(CNc2ccccc2)cc1. The van der Waals surface area contributed by atoms with E-state index in [4.69, 9.17) is 5.73 Å². The fraction of sp³-hybridized carbons (Fsp3) is 0.278. The zero-order valence-electron chi connectivity index (χ0n) is 12.9. The Balaban J connectivity index is 1.86. The van der Waals surface area contributed by atoms with Crippen LogP contribution in [-0.2, 0) is 11.3 Å². The van der Waals surface area contributed by atoms with Crippen LogP contribution in [0.2, 0.25) is 0 Å². The van der Waals surface area contributed by atoms with Crippen molar-refractivity contribution in [2.75, 3.05) is 10.6 Å². The van der Waals surface area contributed by atoms with Gasteiger partial charge in [0, 0.05) is 17.9 Å². The van der Waals surface area contributed by atoms with Gasteiger partial charge in [-0.25, -0.2) is 0 Å². The van der Waals surface area contributed by atoms with E-state index in [0.717, 1.165) is 29.9 Å². The van der Waals surface area contributed by atoms with Crippen LogP contribution >= 0.6 is 0 Å². The van der Waals surface area contributed by atoms with Crippen LogP contribution in [0.3, 0.4) is 0 Å². The summed E-state index contributed by atoms with van der Waals surface area (Å²) in [5, 5.41) is 6.19. The minimum atomic E-state index is -0.440. The van der Waals surface area contributed by atoms with E-state index < -0.39 is 6.04 Å². The molecule has 2 rings (SSSR count). The third-order valence-corrected chi connectivity index (χ3v) is 3.43. The van der Waals surface area contributed by atoms with E-state index in [1.54, 1.807) is 0 Å². The fourth-order valence-electron chi connectivity index (χ4n) is 2.14. The van der Waals surface area contributed by atoms with Gasteiger partial charge in [-0.2, -0.15) is 0 Å². The highest BCUT2D eigenvalue weighted by Gasteiger charge is 2.11. The summed E-state index contributed by atoms with van der Waals surface area (Å²) in [4.78, 5) is 11.8. The number of nitrogens with one attached hydrogen (secondary N) is 2. The van der Waals surface area contributed by atoms with Gasteiger partial charge in [0.15, 0.2) is 0 Å². The Morgan fingerprint density at radius 1 is 1.05 bits per heavy atom. The van der Waals surface area contributed by atoms with Crippen LogP contribution in [-0.4, -0.2) is 11.9 Å². The fourth-order valence-corrected chi connectivity index (χ4v) is 2.14. The second-order valence-electron chi connectivity index (χ2n) is 5.30. The van der Waals surface area contributed by atoms with Gasteiger partial charge in [0.05, 0.1) is 6.04 Å². The molecule has 116 valence electrons. The lowest BCUT2D eigenvalue weighted by molar-refractivity contribution is -0.117. The molecule has 0 aliphatic rings. The topological polar surface area (TPSA) is 67.2 Å². The Morgan fingerprint density at radius 3 is 2.36 bits per heavy atom. The number of amides is 1. The summed E-state index contributed by atoms with van der Waals surface area (Å²) < 4.78 is 0. The summed E-state index contributed by atoms with van der Waals surface area (Å²) >= 11 is 0. The largest absolute Gasteiger partial charge is 0.381 e. The van der Waals surface area contributed by atoms with Crippen molar-refractivity contribution in [3.05, 3.63) is 60.2 Å². The second-order valence-corrected chi connectivity index (χ2v) is 5.30. The molecule has 4 nitrogen and oxygen atoms in total. The summed E-state index contributed by atoms with van der Waals surface area (Å²) in [6, 6.07) is 17.4. The predicted molar refractivity (Wildman–Crippen MR) is 91.7 cm³/mol. The molecular formula is C18H23N3O. The molecule has 0 fully saturated rings. The quantitative estimate of drug-likeness (QED) is 0.734. The number of hydrogen-bond donors (Lipinski definition) is 3. The maximum absolute atomic E-state index is 11.8. The predicted octanol–water partition coefficient (Wildman–Crippen LogP) is 3.36. The number of carbonyl (C=O) groups is 1. The average Bonchev–Trinajstić information content (AvgIpc) is 2.55. The van der Waals surface area contributed by atoms with Gasteiger partial charge in [0.25, 0.3) is 0 Å². The van der Waals surface area contributed by atoms with Crippen molar-refractivity contribution in [1.82, 2.24) is 0 Å². The first-order valence-corrected chi connectivity index (χ1v) is 7.63. The first kappa shape index (κ1) is 16.0. The lowest BCUT2D eigenvalue weighted by Gasteiger charge is -2.12. The van der Waals surface area contributed by atoms with E-state index in [2.05, 4.69) is 10.6 Å². The van der Waals surface area contributed by atoms with Gasteiger partial charge in [0.1, 0.15) is 0 Å². The third kappa shape index (κ3) is 4.90. The molecule has 1 atom stereocenters. The van der Waals surface area contributed by atoms with Gasteiger partial charge in [-0.3, -0.25) is 4.79 Å². The number of benzene rings is 2. The van der Waals surface area contributed by atoms with Gasteiger partial charge in [0.2, 0.25) is 5.91 Å². The summed E-state index contributed by atoms with van der Waals surface area (Å²) in [5.74, 6) is -0.128. The zero-order chi connectivity index (χ0) is 15.8. The molecule has 0 aliphatic carbocycles. The van der Waals surface area contributed by atoms with Crippen LogP contribution in [0.15, 0.2) is 54.6 Å². The standard InChI is InChI=1S/C18H23N3O/c1-2-6-17(19)18(22)21-16-11-9-14(10-12-16)13-20-15-7-4-3-5-8-15/h3-5,7-12,17,20H,2,6,13,19H2,1H3,(H,21,22). The minimum Gasteiger partial charge on any atom is -0.381 e. The summed E-state index contributed by atoms with van der Waals surface area (Å²) in [7, 11) is 0. The lowest BCUT2D eigenvalue weighted by Crippen LogP contribution is -2.35. The van der Waals surface area contributed by atoms with Crippen molar-refractivity contribution in [2.45, 2.75) is 32.4 Å². The molecule has 0 radical (unpaired) electrons. The molecule has 0 spiro atoms. The molecule has 0 aliphatic heterocycles. The molecule has 4 heteroatoms. The number of carbonyl (C=O) groups excluding carboxylic acids is 1. The molecule has 2 aromatic rings. The average molecular weight is 297 g/mol. The van der Waals surface area contributed by atoms with E-state index in [1.165, 1.54) is 0 Å². The molecule has 2 aromatic carbocycles. The van der Waals surface area contributed by atoms with Crippen LogP contribution in [0.1, 0.15) is 25.3 Å². The summed E-state index contributed by atoms with van der Waals surface area (Å²) in [6.45, 7) is 2.76. The number of anilines is 2. The van der Waals surface area contributed by atoms with Crippen LogP contribution in [0, 0.1) is 0 Å². The maximum atomic E-state index is 11.8. The minimum absolute atomic E-state index is 0.128. The number of para-hydroxylation sites is 1. The number of nitrogens with two attached hydrogens (primary N) is 1. The van der Waals surface area contributed by atoms with E-state index in [1.807, 2.05) is 61.5 Å². The van der Waals surface area contributed by atoms with E-state index >= 15 is 0 Å². The van der Waals surface area contributed by atoms with Gasteiger partial charge in [-0.15, -0.1) is 0 Å². The molecule has 0 saturated heterocycles. The molecule has 0 bridgehead atoms. The van der Waals surface area contributed by atoms with Gasteiger partial charge < -0.3 is 16.4 Å². The highest BCUT2D eigenvalue weighted by atomic mass is 16.2. The first-order chi connectivity index (χ1) is 10.7. The van der Waals surface area contributed by atoms with Crippen LogP contribution < -0.4 is 16.4 Å². The first-order valence-electron chi connectivity index (χ1n) is 7.63. The Morgan fingerprint density at radius 2 is 1.73 bits per heavy atom. The van der Waals surface area contributed by atoms with E-state index in [0.29, 0.717) is 6.42 Å². The maximum Gasteiger partial charge on any atom is 0.241 e. The molecule has 22 heavy (non-hydrogen) atoms. The monoisotopic (exact) mass is 297 g/mol. The van der Waals surface area contributed by atoms with E-state index in [9.17, 15) is 4.79 Å². The van der Waals surface area contributed by atoms with Crippen molar-refractivity contribution in [2.24, 2.45) is 5.73 Å². The Labute approximate surface area is 131 Å². The smallest absolute Gasteiger partial charge is 0.241 e. The summed E-state index contributed by atoms with van der Waals surface area (Å²) in [5.41, 5.74) is 8.81. The van der Waals surface area contributed by atoms with Crippen LogP contribution in [0.4, 0.5) is 11.4 Å². The molecule has 0 aromatic heterocycles. The lowest BCUT2D eigenvalue weighted by atomic mass is 10.1. The molecule has 4 N–H and O–H groups in total. The van der Waals surface area contributed by atoms with Crippen LogP contribution in [0.25, 0.3) is 0 Å². The highest BCUT2D eigenvalue weighted by molar-refractivity contribution is 5.94. The van der Waals surface area contributed by atoms with Crippen molar-refractivity contribution >= 4 is 17.3 Å². The molecule has 0 saturated carbocycles. The number of rotatable bonds is 7. The van der Waals surface area contributed by atoms with Gasteiger partial charge in [-0.1, -0.05) is 43.7 Å². The van der Waals surface area contributed by atoms with Crippen molar-refractivity contribution < 1.29 is 4.79 Å². The van der Waals surface area contributed by atoms with Crippen molar-refractivity contribution in [3.8, 4) is 0 Å².